The highest BCUT2D eigenvalue weighted by Crippen LogP contribution is 2.28. The molecule has 0 radical (unpaired) electrons. The van der Waals surface area contributed by atoms with E-state index >= 15 is 0 Å². The molecule has 0 heterocycles. The molecule has 0 bridgehead atoms. The summed E-state index contributed by atoms with van der Waals surface area (Å²) in [5.41, 5.74) is 4.04. The summed E-state index contributed by atoms with van der Waals surface area (Å²) in [6.07, 6.45) is 5.50. The maximum Gasteiger partial charge on any atom is 0.0374 e. The van der Waals surface area contributed by atoms with Crippen molar-refractivity contribution in [1.29, 1.82) is 0 Å². The van der Waals surface area contributed by atoms with Gasteiger partial charge in [-0.15, -0.1) is 0 Å². The molecule has 2 rings (SSSR count). The van der Waals surface area contributed by atoms with E-state index in [1.165, 1.54) is 42.5 Å². The van der Waals surface area contributed by atoms with Crippen LogP contribution in [0.3, 0.4) is 0 Å². The lowest BCUT2D eigenvalue weighted by molar-refractivity contribution is 0.349. The van der Waals surface area contributed by atoms with Crippen molar-refractivity contribution in [2.75, 3.05) is 5.32 Å². The lowest BCUT2D eigenvalue weighted by Gasteiger charge is -2.31. The van der Waals surface area contributed by atoms with Gasteiger partial charge in [0.1, 0.15) is 0 Å². The van der Waals surface area contributed by atoms with E-state index in [2.05, 4.69) is 44.3 Å². The Labute approximate surface area is 99.3 Å². The summed E-state index contributed by atoms with van der Waals surface area (Å²) in [7, 11) is 0. The summed E-state index contributed by atoms with van der Waals surface area (Å²) in [5.74, 6) is 0.814. The first-order valence-electron chi connectivity index (χ1n) is 6.50. The summed E-state index contributed by atoms with van der Waals surface area (Å²) < 4.78 is 0. The van der Waals surface area contributed by atoms with Gasteiger partial charge in [0, 0.05) is 11.7 Å². The highest BCUT2D eigenvalue weighted by Gasteiger charge is 2.21. The van der Waals surface area contributed by atoms with Crippen LogP contribution < -0.4 is 5.32 Å². The zero-order valence-electron chi connectivity index (χ0n) is 10.7. The minimum atomic E-state index is 0.675. The van der Waals surface area contributed by atoms with Crippen molar-refractivity contribution in [2.45, 2.75) is 52.5 Å². The first-order valence-corrected chi connectivity index (χ1v) is 6.50. The standard InChI is InChI=1S/C15H23N/c1-11-8-9-13(3)15(10-11)16-14-7-5-4-6-12(14)2/h8-10,12,14,16H,4-7H2,1-3H3. The average molecular weight is 217 g/mol. The van der Waals surface area contributed by atoms with Gasteiger partial charge in [-0.05, 0) is 49.8 Å². The molecule has 2 atom stereocenters. The third-order valence-corrected chi connectivity index (χ3v) is 3.85. The molecule has 16 heavy (non-hydrogen) atoms. The molecule has 2 unspecified atom stereocenters. The quantitative estimate of drug-likeness (QED) is 0.779. The van der Waals surface area contributed by atoms with Gasteiger partial charge in [0.05, 0.1) is 0 Å². The molecule has 1 nitrogen and oxygen atoms in total. The molecule has 0 aliphatic heterocycles. The predicted molar refractivity (Wildman–Crippen MR) is 71.0 cm³/mol. The van der Waals surface area contributed by atoms with Gasteiger partial charge in [-0.25, -0.2) is 0 Å². The lowest BCUT2D eigenvalue weighted by Crippen LogP contribution is -2.30. The van der Waals surface area contributed by atoms with Crippen molar-refractivity contribution in [3.05, 3.63) is 29.3 Å². The van der Waals surface area contributed by atoms with E-state index in [4.69, 9.17) is 0 Å². The van der Waals surface area contributed by atoms with Crippen LogP contribution in [-0.2, 0) is 0 Å². The zero-order chi connectivity index (χ0) is 11.5. The molecule has 1 N–H and O–H groups in total. The third-order valence-electron chi connectivity index (χ3n) is 3.85. The van der Waals surface area contributed by atoms with Crippen molar-refractivity contribution in [2.24, 2.45) is 5.92 Å². The van der Waals surface area contributed by atoms with E-state index in [0.29, 0.717) is 6.04 Å². The SMILES string of the molecule is Cc1ccc(C)c(NC2CCCCC2C)c1. The number of hydrogen-bond donors (Lipinski definition) is 1. The minimum Gasteiger partial charge on any atom is -0.382 e. The summed E-state index contributed by atoms with van der Waals surface area (Å²) in [4.78, 5) is 0. The molecule has 88 valence electrons. The fourth-order valence-electron chi connectivity index (χ4n) is 2.62. The Kier molecular flexibility index (Phi) is 3.52. The number of aryl methyl sites for hydroxylation is 2. The van der Waals surface area contributed by atoms with Gasteiger partial charge in [0.25, 0.3) is 0 Å². The summed E-state index contributed by atoms with van der Waals surface area (Å²) in [5, 5.41) is 3.74. The smallest absolute Gasteiger partial charge is 0.0374 e. The van der Waals surface area contributed by atoms with Gasteiger partial charge in [-0.2, -0.15) is 0 Å². The van der Waals surface area contributed by atoms with E-state index < -0.39 is 0 Å². The highest BCUT2D eigenvalue weighted by molar-refractivity contribution is 5.53. The summed E-state index contributed by atoms with van der Waals surface area (Å²) >= 11 is 0. The molecule has 1 fully saturated rings. The van der Waals surface area contributed by atoms with Crippen LogP contribution in [0.2, 0.25) is 0 Å². The van der Waals surface area contributed by atoms with Crippen LogP contribution in [-0.4, -0.2) is 6.04 Å². The van der Waals surface area contributed by atoms with Crippen molar-refractivity contribution in [3.63, 3.8) is 0 Å². The highest BCUT2D eigenvalue weighted by atomic mass is 14.9. The van der Waals surface area contributed by atoms with E-state index in [9.17, 15) is 0 Å². The van der Waals surface area contributed by atoms with E-state index in [1.807, 2.05) is 0 Å². The number of nitrogens with one attached hydrogen (secondary N) is 1. The Hall–Kier alpha value is -0.980. The number of hydrogen-bond acceptors (Lipinski definition) is 1. The van der Waals surface area contributed by atoms with Gasteiger partial charge in [-0.3, -0.25) is 0 Å². The van der Waals surface area contributed by atoms with Gasteiger partial charge in [0.2, 0.25) is 0 Å². The Morgan fingerprint density at radius 1 is 1.12 bits per heavy atom. The number of rotatable bonds is 2. The number of anilines is 1. The molecular formula is C15H23N. The molecule has 1 aromatic carbocycles. The van der Waals surface area contributed by atoms with Gasteiger partial charge in [0.15, 0.2) is 0 Å². The monoisotopic (exact) mass is 217 g/mol. The molecule has 0 spiro atoms. The Balaban J connectivity index is 2.10. The van der Waals surface area contributed by atoms with Crippen molar-refractivity contribution in [1.82, 2.24) is 0 Å². The first-order chi connectivity index (χ1) is 7.66. The largest absolute Gasteiger partial charge is 0.382 e. The van der Waals surface area contributed by atoms with Gasteiger partial charge < -0.3 is 5.32 Å². The molecule has 0 aromatic heterocycles. The molecule has 1 heteroatoms. The van der Waals surface area contributed by atoms with Crippen molar-refractivity contribution in [3.8, 4) is 0 Å². The topological polar surface area (TPSA) is 12.0 Å². The lowest BCUT2D eigenvalue weighted by atomic mass is 9.85. The molecule has 0 saturated heterocycles. The van der Waals surface area contributed by atoms with Crippen LogP contribution in [0.15, 0.2) is 18.2 Å². The molecule has 1 aliphatic carbocycles. The number of benzene rings is 1. The maximum absolute atomic E-state index is 3.74. The van der Waals surface area contributed by atoms with Gasteiger partial charge >= 0.3 is 0 Å². The van der Waals surface area contributed by atoms with Crippen LogP contribution in [0, 0.1) is 19.8 Å². The average Bonchev–Trinajstić information content (AvgIpc) is 2.27. The third kappa shape index (κ3) is 2.58. The van der Waals surface area contributed by atoms with E-state index in [-0.39, 0.29) is 0 Å². The van der Waals surface area contributed by atoms with E-state index in [1.54, 1.807) is 0 Å². The second-order valence-corrected chi connectivity index (χ2v) is 5.33. The predicted octanol–water partition coefficient (Wildman–Crippen LogP) is 4.29. The van der Waals surface area contributed by atoms with Crippen LogP contribution >= 0.6 is 0 Å². The Morgan fingerprint density at radius 2 is 1.88 bits per heavy atom. The van der Waals surface area contributed by atoms with Crippen LogP contribution in [0.4, 0.5) is 5.69 Å². The minimum absolute atomic E-state index is 0.675. The summed E-state index contributed by atoms with van der Waals surface area (Å²) in [6.45, 7) is 6.73. The molecular weight excluding hydrogens is 194 g/mol. The fourth-order valence-corrected chi connectivity index (χ4v) is 2.62. The van der Waals surface area contributed by atoms with Crippen LogP contribution in [0.25, 0.3) is 0 Å². The zero-order valence-corrected chi connectivity index (χ0v) is 10.7. The van der Waals surface area contributed by atoms with Crippen molar-refractivity contribution >= 4 is 5.69 Å². The van der Waals surface area contributed by atoms with Crippen LogP contribution in [0.1, 0.15) is 43.7 Å². The molecule has 1 aromatic rings. The Bertz CT molecular complexity index is 356. The first kappa shape index (κ1) is 11.5. The van der Waals surface area contributed by atoms with Crippen molar-refractivity contribution < 1.29 is 0 Å². The normalized spacial score (nSPS) is 25.4. The Morgan fingerprint density at radius 3 is 2.62 bits per heavy atom. The second kappa shape index (κ2) is 4.90. The molecule has 1 aliphatic rings. The van der Waals surface area contributed by atoms with Crippen LogP contribution in [0.5, 0.6) is 0 Å². The summed E-state index contributed by atoms with van der Waals surface area (Å²) in [6, 6.07) is 7.35. The second-order valence-electron chi connectivity index (χ2n) is 5.33. The van der Waals surface area contributed by atoms with E-state index in [0.717, 1.165) is 5.92 Å². The molecule has 0 amide bonds. The van der Waals surface area contributed by atoms with Gasteiger partial charge in [-0.1, -0.05) is 31.9 Å². The maximum atomic E-state index is 3.74. The fraction of sp³-hybridized carbons (Fsp3) is 0.600. The molecule has 1 saturated carbocycles.